The van der Waals surface area contributed by atoms with Crippen LogP contribution < -0.4 is 4.74 Å². The Kier molecular flexibility index (Phi) is 9.02. The van der Waals surface area contributed by atoms with Crippen LogP contribution in [0.3, 0.4) is 0 Å². The molecule has 2 aromatic carbocycles. The topological polar surface area (TPSA) is 59.1 Å². The Morgan fingerprint density at radius 3 is 2.67 bits per heavy atom. The Balaban J connectivity index is 1.52. The molecule has 8 heteroatoms. The molecular formula is C28H31ClN2O4S. The van der Waals surface area contributed by atoms with Crippen molar-refractivity contribution < 1.29 is 19.1 Å². The summed E-state index contributed by atoms with van der Waals surface area (Å²) in [5.74, 6) is 0.473. The lowest BCUT2D eigenvalue weighted by Gasteiger charge is -2.37. The molecule has 1 aliphatic heterocycles. The van der Waals surface area contributed by atoms with Crippen LogP contribution in [0.5, 0.6) is 5.75 Å². The van der Waals surface area contributed by atoms with Gasteiger partial charge in [-0.3, -0.25) is 9.59 Å². The van der Waals surface area contributed by atoms with Crippen LogP contribution in [0.4, 0.5) is 0 Å². The van der Waals surface area contributed by atoms with E-state index in [4.69, 9.17) is 21.1 Å². The molecule has 1 aliphatic rings. The first-order valence-electron chi connectivity index (χ1n) is 12.1. The van der Waals surface area contributed by atoms with E-state index in [0.717, 1.165) is 17.5 Å². The average molecular weight is 527 g/mol. The lowest BCUT2D eigenvalue weighted by atomic mass is 10.00. The minimum Gasteiger partial charge on any atom is -0.491 e. The smallest absolute Gasteiger partial charge is 0.254 e. The van der Waals surface area contributed by atoms with Gasteiger partial charge in [-0.25, -0.2) is 0 Å². The summed E-state index contributed by atoms with van der Waals surface area (Å²) in [6, 6.07) is 16.5. The first-order chi connectivity index (χ1) is 17.5. The maximum atomic E-state index is 13.7. The number of fused-ring (bicyclic) bond motifs is 1. The highest BCUT2D eigenvalue weighted by atomic mass is 35.5. The number of carbonyl (C=O) groups is 2. The molecule has 0 unspecified atom stereocenters. The normalized spacial score (nSPS) is 14.9. The van der Waals surface area contributed by atoms with Crippen molar-refractivity contribution in [2.24, 2.45) is 0 Å². The van der Waals surface area contributed by atoms with E-state index >= 15 is 0 Å². The summed E-state index contributed by atoms with van der Waals surface area (Å²) < 4.78 is 11.3. The van der Waals surface area contributed by atoms with Crippen LogP contribution in [-0.2, 0) is 16.0 Å². The predicted octanol–water partition coefficient (Wildman–Crippen LogP) is 5.39. The van der Waals surface area contributed by atoms with E-state index in [9.17, 15) is 9.59 Å². The molecule has 0 radical (unpaired) electrons. The van der Waals surface area contributed by atoms with Crippen LogP contribution in [0, 0.1) is 6.92 Å². The van der Waals surface area contributed by atoms with E-state index in [1.165, 1.54) is 4.88 Å². The Morgan fingerprint density at radius 2 is 1.92 bits per heavy atom. The van der Waals surface area contributed by atoms with Crippen molar-refractivity contribution in [1.29, 1.82) is 0 Å². The Morgan fingerprint density at radius 1 is 1.14 bits per heavy atom. The van der Waals surface area contributed by atoms with Gasteiger partial charge >= 0.3 is 0 Å². The molecular weight excluding hydrogens is 496 g/mol. The zero-order chi connectivity index (χ0) is 25.5. The average Bonchev–Trinajstić information content (AvgIpc) is 3.37. The van der Waals surface area contributed by atoms with Crippen molar-refractivity contribution in [1.82, 2.24) is 9.80 Å². The molecule has 4 rings (SSSR count). The number of amides is 2. The quantitative estimate of drug-likeness (QED) is 0.332. The summed E-state index contributed by atoms with van der Waals surface area (Å²) in [6.45, 7) is 3.79. The number of carbonyl (C=O) groups excluding carboxylic acids is 2. The number of methoxy groups -OCH3 is 1. The summed E-state index contributed by atoms with van der Waals surface area (Å²) in [5.41, 5.74) is 2.62. The van der Waals surface area contributed by atoms with Crippen molar-refractivity contribution in [2.45, 2.75) is 25.8 Å². The van der Waals surface area contributed by atoms with E-state index < -0.39 is 0 Å². The number of nitrogens with zero attached hydrogens (tertiary/aromatic N) is 2. The second-order valence-electron chi connectivity index (χ2n) is 8.80. The molecule has 0 fully saturated rings. The number of halogens is 1. The molecule has 1 atom stereocenters. The number of hydrogen-bond acceptors (Lipinski definition) is 5. The molecule has 0 bridgehead atoms. The number of aryl methyl sites for hydroxylation is 1. The molecule has 0 saturated heterocycles. The molecule has 0 saturated carbocycles. The molecule has 0 spiro atoms. The van der Waals surface area contributed by atoms with Gasteiger partial charge in [0.1, 0.15) is 18.9 Å². The molecule has 1 aromatic heterocycles. The van der Waals surface area contributed by atoms with Crippen molar-refractivity contribution >= 4 is 34.8 Å². The lowest BCUT2D eigenvalue weighted by Crippen LogP contribution is -2.48. The van der Waals surface area contributed by atoms with Gasteiger partial charge in [0, 0.05) is 42.3 Å². The molecule has 0 aliphatic carbocycles. The highest BCUT2D eigenvalue weighted by molar-refractivity contribution is 7.10. The Labute approximate surface area is 221 Å². The molecule has 190 valence electrons. The van der Waals surface area contributed by atoms with Crippen LogP contribution in [0.15, 0.2) is 60.0 Å². The third-order valence-corrected chi connectivity index (χ3v) is 7.65. The fourth-order valence-corrected chi connectivity index (χ4v) is 5.52. The van der Waals surface area contributed by atoms with Crippen LogP contribution in [0.2, 0.25) is 5.02 Å². The number of ether oxygens (including phenoxy) is 2. The Hall–Kier alpha value is -2.87. The van der Waals surface area contributed by atoms with Gasteiger partial charge < -0.3 is 19.3 Å². The molecule has 3 aromatic rings. The van der Waals surface area contributed by atoms with Crippen molar-refractivity contribution in [2.75, 3.05) is 40.0 Å². The Bertz CT molecular complexity index is 1180. The first-order valence-corrected chi connectivity index (χ1v) is 13.3. The van der Waals surface area contributed by atoms with Gasteiger partial charge in [0.2, 0.25) is 5.91 Å². The van der Waals surface area contributed by atoms with Crippen molar-refractivity contribution in [3.05, 3.63) is 86.6 Å². The molecule has 2 amide bonds. The molecule has 36 heavy (non-hydrogen) atoms. The molecule has 0 N–H and O–H groups in total. The van der Waals surface area contributed by atoms with Gasteiger partial charge in [0.25, 0.3) is 5.91 Å². The van der Waals surface area contributed by atoms with Gasteiger partial charge in [-0.15, -0.1) is 11.3 Å². The van der Waals surface area contributed by atoms with E-state index in [1.807, 2.05) is 48.2 Å². The lowest BCUT2D eigenvalue weighted by molar-refractivity contribution is -0.135. The monoisotopic (exact) mass is 526 g/mol. The standard InChI is InChI=1S/C28H31ClN2O4S/c1-20-6-3-4-7-23(20)28(33)30(14-5-16-34-2)18-27(32)31-15-12-26-24(13-17-36-26)25(31)19-35-22-10-8-21(29)9-11-22/h3-4,6-11,13,17,25H,5,12,14-16,18-19H2,1-2H3/t25-/m0/s1. The van der Waals surface area contributed by atoms with Gasteiger partial charge in [-0.2, -0.15) is 0 Å². The summed E-state index contributed by atoms with van der Waals surface area (Å²) >= 11 is 7.71. The fraction of sp³-hybridized carbons (Fsp3) is 0.357. The van der Waals surface area contributed by atoms with Gasteiger partial charge in [0.15, 0.2) is 0 Å². The van der Waals surface area contributed by atoms with E-state index in [-0.39, 0.29) is 24.4 Å². The summed E-state index contributed by atoms with van der Waals surface area (Å²) in [7, 11) is 1.64. The predicted molar refractivity (Wildman–Crippen MR) is 143 cm³/mol. The van der Waals surface area contributed by atoms with E-state index in [2.05, 4.69) is 11.4 Å². The highest BCUT2D eigenvalue weighted by Crippen LogP contribution is 2.34. The van der Waals surface area contributed by atoms with Crippen molar-refractivity contribution in [3.8, 4) is 5.75 Å². The number of rotatable bonds is 10. The molecule has 2 heterocycles. The maximum Gasteiger partial charge on any atom is 0.254 e. The van der Waals surface area contributed by atoms with Crippen LogP contribution in [-0.4, -0.2) is 61.6 Å². The van der Waals surface area contributed by atoms with Gasteiger partial charge in [-0.1, -0.05) is 29.8 Å². The zero-order valence-corrected chi connectivity index (χ0v) is 22.2. The van der Waals surface area contributed by atoms with Crippen LogP contribution in [0.25, 0.3) is 0 Å². The summed E-state index contributed by atoms with van der Waals surface area (Å²) in [4.78, 5) is 31.9. The number of thiophene rings is 1. The largest absolute Gasteiger partial charge is 0.491 e. The molecule has 6 nitrogen and oxygen atoms in total. The fourth-order valence-electron chi connectivity index (χ4n) is 4.47. The summed E-state index contributed by atoms with van der Waals surface area (Å²) in [6.07, 6.45) is 1.45. The van der Waals surface area contributed by atoms with Crippen LogP contribution in [0.1, 0.15) is 38.8 Å². The third-order valence-electron chi connectivity index (χ3n) is 6.40. The zero-order valence-electron chi connectivity index (χ0n) is 20.6. The number of hydrogen-bond donors (Lipinski definition) is 0. The minimum atomic E-state index is -0.224. The van der Waals surface area contributed by atoms with Crippen molar-refractivity contribution in [3.63, 3.8) is 0 Å². The maximum absolute atomic E-state index is 13.7. The van der Waals surface area contributed by atoms with Crippen LogP contribution >= 0.6 is 22.9 Å². The summed E-state index contributed by atoms with van der Waals surface area (Å²) in [5, 5.41) is 2.70. The SMILES string of the molecule is COCCCN(CC(=O)N1CCc2sccc2[C@@H]1COc1ccc(Cl)cc1)C(=O)c1ccccc1C. The third kappa shape index (κ3) is 6.27. The highest BCUT2D eigenvalue weighted by Gasteiger charge is 2.33. The van der Waals surface area contributed by atoms with E-state index in [1.54, 1.807) is 35.5 Å². The first kappa shape index (κ1) is 26.2. The van der Waals surface area contributed by atoms with Gasteiger partial charge in [-0.05, 0) is 72.7 Å². The second-order valence-corrected chi connectivity index (χ2v) is 10.2. The number of benzene rings is 2. The van der Waals surface area contributed by atoms with Gasteiger partial charge in [0.05, 0.1) is 6.04 Å². The van der Waals surface area contributed by atoms with E-state index in [0.29, 0.717) is 49.1 Å². The minimum absolute atomic E-state index is 0.00774. The second kappa shape index (κ2) is 12.4.